The van der Waals surface area contributed by atoms with Crippen molar-refractivity contribution < 1.29 is 23.9 Å². The molecule has 3 aromatic carbocycles. The fraction of sp³-hybridized carbons (Fsp3) is 0.0370. The van der Waals surface area contributed by atoms with E-state index in [-0.39, 0.29) is 16.8 Å². The number of hydrogen-bond acceptors (Lipinski definition) is 5. The number of amides is 3. The average molecular weight is 452 g/mol. The number of esters is 1. The van der Waals surface area contributed by atoms with E-state index in [0.717, 1.165) is 10.5 Å². The Morgan fingerprint density at radius 1 is 0.765 bits per heavy atom. The summed E-state index contributed by atoms with van der Waals surface area (Å²) >= 11 is 0. The van der Waals surface area contributed by atoms with E-state index >= 15 is 0 Å². The average Bonchev–Trinajstić information content (AvgIpc) is 3.11. The van der Waals surface area contributed by atoms with E-state index in [4.69, 9.17) is 4.74 Å². The molecule has 168 valence electrons. The van der Waals surface area contributed by atoms with Gasteiger partial charge in [0.15, 0.2) is 6.73 Å². The highest BCUT2D eigenvalue weighted by molar-refractivity contribution is 6.21. The maximum atomic E-state index is 12.8. The van der Waals surface area contributed by atoms with Crippen LogP contribution in [0.4, 0.5) is 0 Å². The van der Waals surface area contributed by atoms with E-state index in [9.17, 15) is 19.2 Å². The van der Waals surface area contributed by atoms with Crippen LogP contribution in [0.15, 0.2) is 96.7 Å². The standard InChI is InChI=1S/C27H20N2O5/c30-24(16-15-19-9-3-1-4-10-19)28-23(17-20-11-5-2-6-12-20)27(33)34-18-29-25(31)21-13-7-8-14-22(21)26(29)32/h1-17H,18H2,(H,28,30). The van der Waals surface area contributed by atoms with Gasteiger partial charge in [-0.1, -0.05) is 72.8 Å². The topological polar surface area (TPSA) is 92.8 Å². The molecule has 34 heavy (non-hydrogen) atoms. The predicted octanol–water partition coefficient (Wildman–Crippen LogP) is 3.65. The van der Waals surface area contributed by atoms with E-state index in [0.29, 0.717) is 5.56 Å². The lowest BCUT2D eigenvalue weighted by Crippen LogP contribution is -2.35. The summed E-state index contributed by atoms with van der Waals surface area (Å²) in [5, 5.41) is 2.52. The first-order valence-corrected chi connectivity index (χ1v) is 10.5. The third-order valence-electron chi connectivity index (χ3n) is 5.02. The molecule has 0 unspecified atom stereocenters. The van der Waals surface area contributed by atoms with Crippen molar-refractivity contribution in [2.24, 2.45) is 0 Å². The van der Waals surface area contributed by atoms with Gasteiger partial charge in [0.25, 0.3) is 11.8 Å². The summed E-state index contributed by atoms with van der Waals surface area (Å²) in [4.78, 5) is 51.1. The first-order chi connectivity index (χ1) is 16.5. The Bertz CT molecular complexity index is 1260. The highest BCUT2D eigenvalue weighted by atomic mass is 16.5. The molecule has 1 aliphatic heterocycles. The van der Waals surface area contributed by atoms with Crippen molar-refractivity contribution in [2.45, 2.75) is 0 Å². The van der Waals surface area contributed by atoms with Crippen molar-refractivity contribution in [1.82, 2.24) is 10.2 Å². The number of carbonyl (C=O) groups excluding carboxylic acids is 4. The highest BCUT2D eigenvalue weighted by Gasteiger charge is 2.36. The minimum absolute atomic E-state index is 0.134. The molecule has 7 nitrogen and oxygen atoms in total. The van der Waals surface area contributed by atoms with E-state index in [1.54, 1.807) is 42.5 Å². The third kappa shape index (κ3) is 5.16. The molecule has 1 heterocycles. The number of benzene rings is 3. The quantitative estimate of drug-likeness (QED) is 0.336. The normalized spacial score (nSPS) is 13.2. The number of ether oxygens (including phenoxy) is 1. The van der Waals surface area contributed by atoms with Crippen LogP contribution in [0.2, 0.25) is 0 Å². The summed E-state index contributed by atoms with van der Waals surface area (Å²) in [6.45, 7) is -0.576. The van der Waals surface area contributed by atoms with Crippen LogP contribution >= 0.6 is 0 Å². The molecule has 0 atom stereocenters. The molecule has 0 saturated carbocycles. The minimum atomic E-state index is -0.887. The molecule has 1 aliphatic rings. The van der Waals surface area contributed by atoms with Gasteiger partial charge in [0, 0.05) is 6.08 Å². The van der Waals surface area contributed by atoms with Gasteiger partial charge in [0.05, 0.1) is 11.1 Å². The van der Waals surface area contributed by atoms with Gasteiger partial charge in [-0.15, -0.1) is 0 Å². The number of imide groups is 1. The van der Waals surface area contributed by atoms with Crippen molar-refractivity contribution in [3.05, 3.63) is 119 Å². The van der Waals surface area contributed by atoms with Crippen molar-refractivity contribution in [2.75, 3.05) is 6.73 Å². The molecule has 4 rings (SSSR count). The Hall–Kier alpha value is -4.78. The molecule has 0 bridgehead atoms. The predicted molar refractivity (Wildman–Crippen MR) is 126 cm³/mol. The Balaban J connectivity index is 1.48. The first-order valence-electron chi connectivity index (χ1n) is 10.5. The molecule has 3 amide bonds. The summed E-state index contributed by atoms with van der Waals surface area (Å²) in [5.41, 5.74) is 1.85. The third-order valence-corrected chi connectivity index (χ3v) is 5.02. The zero-order valence-electron chi connectivity index (χ0n) is 18.0. The van der Waals surface area contributed by atoms with E-state index in [1.165, 1.54) is 24.3 Å². The van der Waals surface area contributed by atoms with E-state index in [2.05, 4.69) is 5.32 Å². The van der Waals surface area contributed by atoms with Crippen molar-refractivity contribution in [3.8, 4) is 0 Å². The van der Waals surface area contributed by atoms with Gasteiger partial charge >= 0.3 is 5.97 Å². The molecule has 1 N–H and O–H groups in total. The molecular formula is C27H20N2O5. The maximum Gasteiger partial charge on any atom is 0.356 e. The number of carbonyl (C=O) groups is 4. The molecule has 0 fully saturated rings. The molecule has 0 aromatic heterocycles. The SMILES string of the molecule is O=C(C=Cc1ccccc1)NC(=Cc1ccccc1)C(=O)OCN1C(=O)c2ccccc2C1=O. The lowest BCUT2D eigenvalue weighted by molar-refractivity contribution is -0.142. The van der Waals surface area contributed by atoms with Crippen LogP contribution in [-0.2, 0) is 14.3 Å². The first kappa shape index (κ1) is 22.4. The van der Waals surface area contributed by atoms with Gasteiger partial charge in [-0.2, -0.15) is 0 Å². The van der Waals surface area contributed by atoms with Crippen LogP contribution in [0, 0.1) is 0 Å². The zero-order valence-corrected chi connectivity index (χ0v) is 18.0. The summed E-state index contributed by atoms with van der Waals surface area (Å²) in [5.74, 6) is -2.51. The van der Waals surface area contributed by atoms with Crippen LogP contribution in [0.5, 0.6) is 0 Å². The second-order valence-corrected chi connectivity index (χ2v) is 7.35. The molecule has 0 saturated heterocycles. The molecule has 0 aliphatic carbocycles. The van der Waals surface area contributed by atoms with Gasteiger partial charge in [-0.3, -0.25) is 14.4 Å². The summed E-state index contributed by atoms with van der Waals surface area (Å²) < 4.78 is 5.23. The second kappa shape index (κ2) is 10.2. The highest BCUT2D eigenvalue weighted by Crippen LogP contribution is 2.22. The minimum Gasteiger partial charge on any atom is -0.439 e. The van der Waals surface area contributed by atoms with E-state index < -0.39 is 30.4 Å². The zero-order chi connectivity index (χ0) is 23.9. The molecular weight excluding hydrogens is 432 g/mol. The fourth-order valence-electron chi connectivity index (χ4n) is 3.33. The fourth-order valence-corrected chi connectivity index (χ4v) is 3.33. The van der Waals surface area contributed by atoms with Crippen LogP contribution < -0.4 is 5.32 Å². The Morgan fingerprint density at radius 3 is 1.88 bits per heavy atom. The number of nitrogens with zero attached hydrogens (tertiary/aromatic N) is 1. The summed E-state index contributed by atoms with van der Waals surface area (Å²) in [7, 11) is 0. The number of rotatable bonds is 7. The largest absolute Gasteiger partial charge is 0.439 e. The van der Waals surface area contributed by atoms with Crippen molar-refractivity contribution >= 4 is 35.8 Å². The van der Waals surface area contributed by atoms with Crippen LogP contribution in [0.1, 0.15) is 31.8 Å². The van der Waals surface area contributed by atoms with Crippen molar-refractivity contribution in [1.29, 1.82) is 0 Å². The molecule has 7 heteroatoms. The Kier molecular flexibility index (Phi) is 6.74. The Morgan fingerprint density at radius 2 is 1.29 bits per heavy atom. The van der Waals surface area contributed by atoms with Gasteiger partial charge < -0.3 is 10.1 Å². The Labute approximate surface area is 196 Å². The van der Waals surface area contributed by atoms with Crippen molar-refractivity contribution in [3.63, 3.8) is 0 Å². The lowest BCUT2D eigenvalue weighted by Gasteiger charge is -2.15. The molecule has 0 radical (unpaired) electrons. The van der Waals surface area contributed by atoms with Gasteiger partial charge in [0.2, 0.25) is 5.91 Å². The summed E-state index contributed by atoms with van der Waals surface area (Å²) in [6, 6.07) is 24.5. The monoisotopic (exact) mass is 452 g/mol. The molecule has 3 aromatic rings. The number of nitrogens with one attached hydrogen (secondary N) is 1. The van der Waals surface area contributed by atoms with Crippen LogP contribution in [-0.4, -0.2) is 35.3 Å². The van der Waals surface area contributed by atoms with Crippen LogP contribution in [0.25, 0.3) is 12.2 Å². The van der Waals surface area contributed by atoms with Gasteiger partial charge in [-0.25, -0.2) is 9.69 Å². The van der Waals surface area contributed by atoms with Gasteiger partial charge in [-0.05, 0) is 35.4 Å². The maximum absolute atomic E-state index is 12.8. The number of fused-ring (bicyclic) bond motifs is 1. The molecule has 0 spiro atoms. The summed E-state index contributed by atoms with van der Waals surface area (Å²) in [6.07, 6.45) is 4.37. The lowest BCUT2D eigenvalue weighted by atomic mass is 10.1. The van der Waals surface area contributed by atoms with Crippen LogP contribution in [0.3, 0.4) is 0 Å². The number of hydrogen-bond donors (Lipinski definition) is 1. The van der Waals surface area contributed by atoms with E-state index in [1.807, 2.05) is 36.4 Å². The second-order valence-electron chi connectivity index (χ2n) is 7.35. The smallest absolute Gasteiger partial charge is 0.356 e. The van der Waals surface area contributed by atoms with Gasteiger partial charge in [0.1, 0.15) is 5.70 Å².